The third kappa shape index (κ3) is 3.74. The van der Waals surface area contributed by atoms with E-state index in [4.69, 9.17) is 4.74 Å². The van der Waals surface area contributed by atoms with Crippen LogP contribution in [0, 0.1) is 25.2 Å². The number of hydrogen-bond donors (Lipinski definition) is 1. The summed E-state index contributed by atoms with van der Waals surface area (Å²) in [6, 6.07) is 1.78. The number of pyridine rings is 1. The van der Waals surface area contributed by atoms with Crippen LogP contribution in [-0.4, -0.2) is 22.2 Å². The molecule has 1 saturated carbocycles. The summed E-state index contributed by atoms with van der Waals surface area (Å²) >= 11 is 0. The maximum absolute atomic E-state index is 11.5. The molecule has 1 aliphatic carbocycles. The first-order valence-corrected chi connectivity index (χ1v) is 7.56. The van der Waals surface area contributed by atoms with Crippen molar-refractivity contribution in [3.8, 4) is 5.88 Å². The average Bonchev–Trinajstić information content (AvgIpc) is 2.23. The molecule has 4 heteroatoms. The molecule has 1 aromatic heterocycles. The molecule has 1 fully saturated rings. The second kappa shape index (κ2) is 5.66. The lowest BCUT2D eigenvalue weighted by Crippen LogP contribution is -2.34. The molecule has 2 atom stereocenters. The number of carboxylic acid groups (broad SMARTS) is 1. The number of nitrogens with zero attached hydrogens (tertiary/aromatic N) is 1. The molecule has 2 rings (SSSR count). The lowest BCUT2D eigenvalue weighted by Gasteiger charge is -2.38. The van der Waals surface area contributed by atoms with Gasteiger partial charge in [0.15, 0.2) is 0 Å². The van der Waals surface area contributed by atoms with Gasteiger partial charge < -0.3 is 9.84 Å². The Morgan fingerprint density at radius 1 is 1.38 bits per heavy atom. The third-order valence-corrected chi connectivity index (χ3v) is 4.15. The van der Waals surface area contributed by atoms with Crippen LogP contribution in [0.25, 0.3) is 0 Å². The Hall–Kier alpha value is -1.58. The summed E-state index contributed by atoms with van der Waals surface area (Å²) in [5, 5.41) is 9.40. The molecule has 0 bridgehead atoms. The van der Waals surface area contributed by atoms with Crippen LogP contribution in [0.3, 0.4) is 0 Å². The molecule has 116 valence electrons. The van der Waals surface area contributed by atoms with Gasteiger partial charge in [-0.1, -0.05) is 20.8 Å². The summed E-state index contributed by atoms with van der Waals surface area (Å²) in [4.78, 5) is 15.8. The average molecular weight is 291 g/mol. The Morgan fingerprint density at radius 3 is 2.62 bits per heavy atom. The molecule has 1 N–H and O–H groups in total. The molecule has 1 heterocycles. The van der Waals surface area contributed by atoms with Crippen LogP contribution in [-0.2, 0) is 0 Å². The molecule has 1 aromatic rings. The van der Waals surface area contributed by atoms with E-state index in [1.807, 2.05) is 6.92 Å². The maximum atomic E-state index is 11.5. The SMILES string of the molecule is Cc1cc(C)c(C(=O)O)c(OC2CC(C)CC(C)(C)C2)n1. The van der Waals surface area contributed by atoms with Gasteiger partial charge in [0.05, 0.1) is 0 Å². The van der Waals surface area contributed by atoms with Crippen LogP contribution in [0.2, 0.25) is 0 Å². The number of hydrogen-bond acceptors (Lipinski definition) is 3. The molecular weight excluding hydrogens is 266 g/mol. The van der Waals surface area contributed by atoms with Gasteiger partial charge in [0.25, 0.3) is 0 Å². The number of ether oxygens (including phenoxy) is 1. The number of carboxylic acids is 1. The fourth-order valence-corrected chi connectivity index (χ4v) is 3.65. The van der Waals surface area contributed by atoms with Gasteiger partial charge in [-0.3, -0.25) is 0 Å². The Bertz CT molecular complexity index is 551. The van der Waals surface area contributed by atoms with Crippen molar-refractivity contribution in [3.63, 3.8) is 0 Å². The normalized spacial score (nSPS) is 24.6. The highest BCUT2D eigenvalue weighted by Crippen LogP contribution is 2.40. The molecule has 2 unspecified atom stereocenters. The largest absolute Gasteiger partial charge is 0.477 e. The summed E-state index contributed by atoms with van der Waals surface area (Å²) < 4.78 is 6.02. The number of rotatable bonds is 3. The quantitative estimate of drug-likeness (QED) is 0.914. The zero-order valence-electron chi connectivity index (χ0n) is 13.6. The van der Waals surface area contributed by atoms with Crippen LogP contribution >= 0.6 is 0 Å². The van der Waals surface area contributed by atoms with E-state index in [0.717, 1.165) is 18.5 Å². The van der Waals surface area contributed by atoms with Crippen LogP contribution in [0.1, 0.15) is 61.6 Å². The number of aromatic nitrogens is 1. The first-order chi connectivity index (χ1) is 9.68. The summed E-state index contributed by atoms with van der Waals surface area (Å²) in [6.07, 6.45) is 3.11. The van der Waals surface area contributed by atoms with Gasteiger partial charge >= 0.3 is 5.97 Å². The minimum atomic E-state index is -0.974. The molecular formula is C17H25NO3. The zero-order chi connectivity index (χ0) is 15.8. The first kappa shape index (κ1) is 15.8. The highest BCUT2D eigenvalue weighted by molar-refractivity contribution is 5.91. The van der Waals surface area contributed by atoms with E-state index >= 15 is 0 Å². The minimum absolute atomic E-state index is 0.0375. The Kier molecular flexibility index (Phi) is 4.26. The molecule has 0 spiro atoms. The van der Waals surface area contributed by atoms with Crippen molar-refractivity contribution in [1.82, 2.24) is 4.98 Å². The van der Waals surface area contributed by atoms with Crippen LogP contribution < -0.4 is 4.74 Å². The lowest BCUT2D eigenvalue weighted by molar-refractivity contribution is 0.0502. The summed E-state index contributed by atoms with van der Waals surface area (Å²) in [6.45, 7) is 10.4. The van der Waals surface area contributed by atoms with E-state index in [0.29, 0.717) is 11.5 Å². The van der Waals surface area contributed by atoms with E-state index in [1.54, 1.807) is 13.0 Å². The minimum Gasteiger partial charge on any atom is -0.477 e. The van der Waals surface area contributed by atoms with Gasteiger partial charge in [0.2, 0.25) is 5.88 Å². The molecule has 1 aliphatic rings. The predicted molar refractivity (Wildman–Crippen MR) is 81.9 cm³/mol. The molecule has 0 radical (unpaired) electrons. The second-order valence-corrected chi connectivity index (χ2v) is 7.22. The molecule has 21 heavy (non-hydrogen) atoms. The van der Waals surface area contributed by atoms with Crippen molar-refractivity contribution >= 4 is 5.97 Å². The van der Waals surface area contributed by atoms with Gasteiger partial charge in [0, 0.05) is 5.69 Å². The third-order valence-electron chi connectivity index (χ3n) is 4.15. The van der Waals surface area contributed by atoms with Crippen molar-refractivity contribution in [1.29, 1.82) is 0 Å². The number of aromatic carboxylic acids is 1. The van der Waals surface area contributed by atoms with Crippen LogP contribution in [0.15, 0.2) is 6.07 Å². The van der Waals surface area contributed by atoms with E-state index in [-0.39, 0.29) is 23.0 Å². The lowest BCUT2D eigenvalue weighted by atomic mass is 9.71. The van der Waals surface area contributed by atoms with Gasteiger partial charge in [-0.25, -0.2) is 9.78 Å². The predicted octanol–water partition coefficient (Wildman–Crippen LogP) is 3.99. The summed E-state index contributed by atoms with van der Waals surface area (Å²) in [5.74, 6) is -0.119. The molecule has 0 amide bonds. The van der Waals surface area contributed by atoms with Gasteiger partial charge in [-0.15, -0.1) is 0 Å². The Morgan fingerprint density at radius 2 is 2.05 bits per heavy atom. The van der Waals surface area contributed by atoms with Gasteiger partial charge in [-0.05, 0) is 56.1 Å². The number of aryl methyl sites for hydroxylation is 2. The van der Waals surface area contributed by atoms with E-state index < -0.39 is 5.97 Å². The van der Waals surface area contributed by atoms with E-state index in [1.165, 1.54) is 6.42 Å². The van der Waals surface area contributed by atoms with Crippen molar-refractivity contribution in [2.24, 2.45) is 11.3 Å². The Balaban J connectivity index is 2.29. The van der Waals surface area contributed by atoms with Crippen molar-refractivity contribution < 1.29 is 14.6 Å². The topological polar surface area (TPSA) is 59.4 Å². The van der Waals surface area contributed by atoms with E-state index in [2.05, 4.69) is 25.8 Å². The second-order valence-electron chi connectivity index (χ2n) is 7.22. The molecule has 4 nitrogen and oxygen atoms in total. The molecule has 0 aromatic carbocycles. The van der Waals surface area contributed by atoms with Crippen molar-refractivity contribution in [2.75, 3.05) is 0 Å². The molecule has 0 saturated heterocycles. The van der Waals surface area contributed by atoms with Crippen molar-refractivity contribution in [2.45, 2.75) is 60.0 Å². The monoisotopic (exact) mass is 291 g/mol. The van der Waals surface area contributed by atoms with Gasteiger partial charge in [-0.2, -0.15) is 0 Å². The Labute approximate surface area is 126 Å². The zero-order valence-corrected chi connectivity index (χ0v) is 13.6. The standard InChI is InChI=1S/C17H25NO3/c1-10-6-13(9-17(4,5)8-10)21-15-14(16(19)20)11(2)7-12(3)18-15/h7,10,13H,6,8-9H2,1-5H3,(H,19,20). The summed E-state index contributed by atoms with van der Waals surface area (Å²) in [5.41, 5.74) is 1.91. The molecule has 0 aliphatic heterocycles. The van der Waals surface area contributed by atoms with Gasteiger partial charge in [0.1, 0.15) is 11.7 Å². The number of carbonyl (C=O) groups is 1. The van der Waals surface area contributed by atoms with Crippen LogP contribution in [0.4, 0.5) is 0 Å². The van der Waals surface area contributed by atoms with E-state index in [9.17, 15) is 9.90 Å². The first-order valence-electron chi connectivity index (χ1n) is 7.56. The highest BCUT2D eigenvalue weighted by atomic mass is 16.5. The highest BCUT2D eigenvalue weighted by Gasteiger charge is 2.34. The fourth-order valence-electron chi connectivity index (χ4n) is 3.65. The smallest absolute Gasteiger partial charge is 0.341 e. The maximum Gasteiger partial charge on any atom is 0.341 e. The van der Waals surface area contributed by atoms with Crippen molar-refractivity contribution in [3.05, 3.63) is 22.9 Å². The fraction of sp³-hybridized carbons (Fsp3) is 0.647. The summed E-state index contributed by atoms with van der Waals surface area (Å²) in [7, 11) is 0. The van der Waals surface area contributed by atoms with Crippen LogP contribution in [0.5, 0.6) is 5.88 Å².